The molecule has 0 radical (unpaired) electrons. The molecule has 143 heavy (non-hydrogen) atoms. The van der Waals surface area contributed by atoms with E-state index in [1.807, 2.05) is 18.7 Å². The van der Waals surface area contributed by atoms with Crippen LogP contribution >= 0.6 is 23.2 Å². The van der Waals surface area contributed by atoms with Crippen LogP contribution < -0.4 is 79.8 Å². The smallest absolute Gasteiger partial charge is 0.305 e. The second kappa shape index (κ2) is 47.7. The van der Waals surface area contributed by atoms with Crippen LogP contribution in [0.15, 0.2) is 84.9 Å². The number of carbonyl (C=O) groups is 15. The lowest BCUT2D eigenvalue weighted by molar-refractivity contribution is -0.143. The Bertz CT molecular complexity index is 6650. The lowest BCUT2D eigenvalue weighted by Gasteiger charge is -2.32. The number of ether oxygens (including phenoxy) is 2. The topological polar surface area (TPSA) is 702 Å². The number of amides is 11. The number of carboxylic acid groups (broad SMARTS) is 4. The minimum Gasteiger partial charge on any atom is -0.494 e. The zero-order valence-electron chi connectivity index (χ0n) is 79.0. The number of nitrogens with one attached hydrogen (secondary N) is 12. The standard InChI is InChI=1S/C92H110Cl2N28O21/c1-8-121-64(36-46(3)114-121)86(138)112-91-109-57-38-49(78(95)132)40-66(142-7)76(57)119(91)31-10-11-32-120-77-58(110-92(120)113-87(139)65-37-47(4)115-122(65)9-2)39-50(79(96)133)41-67(77)143-35-17-28-99-82(134)59(42-70(126)127)107-83(135)56(22-14-27-100-90(97)98)106-85(137)61(44-72(130)131)108-84(136)60(43-71(128)129)101-68(123)23-15-30-118-34-25-55-75(48(118)5)111-80(102-55)88(140)104-53-20-12-18-51(73(53)93)52-19-13-21-54(74(52)94)105-89(141)81-103-62-45-117(29-16-24-69(124)125)33-26-63(62)116(81)6/h10-13,18-21,36-41,48,56,59-61H,8-9,14-17,22-35,42-45H2,1-7H3,(H2,95,132)(H2,96,133)(H,99,134)(H,101,123)(H,102,111)(H,104,140)(H,105,141)(H,106,137)(H,107,135)(H,108,136)(H,124,125)(H,126,127)(H,128,129)(H,130,131)(H4,97,98,100)(H,109,112,138)(H,110,113,139)/b11-10+/t48?,56-,59-,60-,61-/m0/s1. The molecule has 0 saturated heterocycles. The molecule has 12 rings (SSSR count). The summed E-state index contributed by atoms with van der Waals surface area (Å²) in [5.41, 5.74) is 23.6. The minimum atomic E-state index is -2.09. The van der Waals surface area contributed by atoms with Gasteiger partial charge < -0.3 is 108 Å². The van der Waals surface area contributed by atoms with Crippen LogP contribution in [0.4, 0.5) is 23.3 Å². The van der Waals surface area contributed by atoms with E-state index in [1.165, 1.54) is 40.7 Å². The fraction of sp³-hybridized carbons (Fsp3) is 0.391. The number of guanidine groups is 1. The van der Waals surface area contributed by atoms with Gasteiger partial charge in [0.1, 0.15) is 58.1 Å². The molecule has 5 atom stereocenters. The van der Waals surface area contributed by atoms with Crippen LogP contribution in [0.1, 0.15) is 188 Å². The number of nitrogens with two attached hydrogens (primary N) is 3. The number of carboxylic acids is 4. The van der Waals surface area contributed by atoms with E-state index in [9.17, 15) is 87.2 Å². The maximum absolute atomic E-state index is 14.4. The number of hydrogen-bond acceptors (Lipinski definition) is 26. The number of aromatic amines is 1. The van der Waals surface area contributed by atoms with Crippen molar-refractivity contribution in [3.63, 3.8) is 0 Å². The number of aromatic nitrogens is 12. The highest BCUT2D eigenvalue weighted by Crippen LogP contribution is 2.42. The molecule has 8 heterocycles. The number of halogens is 2. The molecular weight excluding hydrogens is 1900 g/mol. The van der Waals surface area contributed by atoms with Crippen LogP contribution in [0.3, 0.4) is 0 Å². The number of imidazole rings is 4. The Balaban J connectivity index is 0.664. The largest absolute Gasteiger partial charge is 0.494 e. The van der Waals surface area contributed by atoms with Crippen molar-refractivity contribution in [1.82, 2.24) is 99.9 Å². The second-order valence-corrected chi connectivity index (χ2v) is 34.6. The summed E-state index contributed by atoms with van der Waals surface area (Å²) in [6, 6.07) is 10.6. The molecule has 0 aliphatic carbocycles. The van der Waals surface area contributed by atoms with E-state index in [-0.39, 0.29) is 173 Å². The van der Waals surface area contributed by atoms with Crippen molar-refractivity contribution in [2.45, 2.75) is 175 Å². The average Bonchev–Trinajstić information content (AvgIpc) is 1.62. The number of H-pyrrole nitrogens is 1. The van der Waals surface area contributed by atoms with Gasteiger partial charge >= 0.3 is 23.9 Å². The summed E-state index contributed by atoms with van der Waals surface area (Å²) in [5, 5.41) is 81.6. The maximum Gasteiger partial charge on any atom is 0.305 e. The summed E-state index contributed by atoms with van der Waals surface area (Å²) in [4.78, 5) is 226. The van der Waals surface area contributed by atoms with Crippen LogP contribution in [0, 0.1) is 19.3 Å². The molecule has 49 nitrogen and oxygen atoms in total. The van der Waals surface area contributed by atoms with E-state index in [2.05, 4.69) is 88.2 Å². The molecule has 0 saturated carbocycles. The molecule has 0 spiro atoms. The van der Waals surface area contributed by atoms with E-state index in [1.54, 1.807) is 102 Å². The number of allylic oxidation sites excluding steroid dienone is 2. The van der Waals surface area contributed by atoms with Crippen LogP contribution in [-0.2, 0) is 95.8 Å². The monoisotopic (exact) mass is 2010 g/mol. The molecule has 758 valence electrons. The van der Waals surface area contributed by atoms with Gasteiger partial charge in [-0.2, -0.15) is 10.2 Å². The summed E-state index contributed by atoms with van der Waals surface area (Å²) in [5.74, 6) is -15.7. The first-order valence-corrected chi connectivity index (χ1v) is 46.4. The molecule has 2 aliphatic rings. The van der Waals surface area contributed by atoms with Gasteiger partial charge in [0.2, 0.25) is 53.2 Å². The molecule has 1 unspecified atom stereocenters. The van der Waals surface area contributed by atoms with Gasteiger partial charge in [-0.1, -0.05) is 59.6 Å². The van der Waals surface area contributed by atoms with Crippen molar-refractivity contribution >= 4 is 163 Å². The fourth-order valence-electron chi connectivity index (χ4n) is 16.7. The van der Waals surface area contributed by atoms with Gasteiger partial charge in [0, 0.05) is 125 Å². The van der Waals surface area contributed by atoms with Crippen LogP contribution in [0.5, 0.6) is 11.5 Å². The van der Waals surface area contributed by atoms with E-state index in [0.717, 1.165) is 11.4 Å². The van der Waals surface area contributed by atoms with Crippen molar-refractivity contribution in [3.05, 3.63) is 163 Å². The van der Waals surface area contributed by atoms with Crippen LogP contribution in [0.2, 0.25) is 10.0 Å². The second-order valence-electron chi connectivity index (χ2n) is 33.8. The number of nitrogens with zero attached hydrogens (tertiary/aromatic N) is 13. The number of primary amides is 2. The SMILES string of the molecule is CCn1nc(C)cc1C(=O)Nc1nc2cc(C(N)=O)cc(OC)c2n1C/C=C/Cn1c(NC(=O)c2cc(C)nn2CC)nc2cc(C(N)=O)cc(OCCCNC(=O)[C@H](CC(=O)O)NC(=O)[C@H](CCCNC(=N)N)NC(=O)[C@H](CC(=O)O)NC(=O)[C@H](CC(=O)O)NC(=O)CCCN3CCc4[nH]c(C(=O)Nc5cccc(-c6cccc(NC(=O)c7nc8c(n7C)CCN(CCCC(=O)O)C8)c6Cl)c5Cl)nc4C3C)c21. The number of aryl methyl sites for hydroxylation is 4. The molecule has 11 amide bonds. The summed E-state index contributed by atoms with van der Waals surface area (Å²) < 4.78 is 20.0. The quantitative estimate of drug-likeness (QED) is 0.0108. The van der Waals surface area contributed by atoms with Gasteiger partial charge in [0.15, 0.2) is 17.6 Å². The zero-order valence-corrected chi connectivity index (χ0v) is 80.5. The van der Waals surface area contributed by atoms with Gasteiger partial charge in [-0.25, -0.2) is 19.9 Å². The minimum absolute atomic E-state index is 0.00934. The molecule has 4 aromatic carbocycles. The Kier molecular flexibility index (Phi) is 35.2. The highest BCUT2D eigenvalue weighted by molar-refractivity contribution is 6.40. The van der Waals surface area contributed by atoms with Gasteiger partial charge in [0.05, 0.1) is 94.3 Å². The van der Waals surface area contributed by atoms with E-state index in [0.29, 0.717) is 98.0 Å². The normalized spacial score (nSPS) is 13.8. The molecule has 51 heteroatoms. The van der Waals surface area contributed by atoms with Crippen LogP contribution in [0.25, 0.3) is 33.2 Å². The summed E-state index contributed by atoms with van der Waals surface area (Å²) in [6.07, 6.45) is 0.895. The molecule has 0 bridgehead atoms. The number of benzene rings is 4. The number of aliphatic carboxylic acids is 4. The Morgan fingerprint density at radius 2 is 1.08 bits per heavy atom. The Labute approximate surface area is 825 Å². The van der Waals surface area contributed by atoms with Crippen molar-refractivity contribution in [2.24, 2.45) is 24.2 Å². The number of carbonyl (C=O) groups excluding carboxylic acids is 11. The number of anilines is 4. The highest BCUT2D eigenvalue weighted by atomic mass is 35.5. The Hall–Kier alpha value is -16.2. The average molecular weight is 2010 g/mol. The first-order valence-electron chi connectivity index (χ1n) is 45.6. The maximum atomic E-state index is 14.4. The first-order chi connectivity index (χ1) is 68.2. The third-order valence-corrected chi connectivity index (χ3v) is 24.5. The predicted octanol–water partition coefficient (Wildman–Crippen LogP) is 4.47. The van der Waals surface area contributed by atoms with E-state index < -0.39 is 144 Å². The fourth-order valence-corrected chi connectivity index (χ4v) is 17.3. The molecule has 10 aromatic rings. The van der Waals surface area contributed by atoms with Crippen molar-refractivity contribution < 1.29 is 102 Å². The van der Waals surface area contributed by atoms with E-state index in [4.69, 9.17) is 65.4 Å². The highest BCUT2D eigenvalue weighted by Gasteiger charge is 2.37. The number of hydrogen-bond donors (Lipinski definition) is 19. The summed E-state index contributed by atoms with van der Waals surface area (Å²) in [7, 11) is 3.13. The first kappa shape index (κ1) is 106. The summed E-state index contributed by atoms with van der Waals surface area (Å²) >= 11 is 14.0. The predicted molar refractivity (Wildman–Crippen MR) is 519 cm³/mol. The van der Waals surface area contributed by atoms with Gasteiger partial charge in [-0.05, 0) is 128 Å². The molecular formula is C92H110Cl2N28O21. The number of fused-ring (bicyclic) bond motifs is 4. The van der Waals surface area contributed by atoms with Crippen molar-refractivity contribution in [3.8, 4) is 22.6 Å². The molecule has 0 fully saturated rings. The lowest BCUT2D eigenvalue weighted by Crippen LogP contribution is -2.59. The lowest BCUT2D eigenvalue weighted by atomic mass is 10.0. The van der Waals surface area contributed by atoms with E-state index >= 15 is 0 Å². The van der Waals surface area contributed by atoms with Crippen LogP contribution in [-0.4, -0.2) is 260 Å². The number of rotatable bonds is 49. The van der Waals surface area contributed by atoms with Gasteiger partial charge in [-0.3, -0.25) is 107 Å². The number of methoxy groups -OCH3 is 1. The van der Waals surface area contributed by atoms with Crippen molar-refractivity contribution in [2.75, 3.05) is 74.3 Å². The third kappa shape index (κ3) is 26.5. The van der Waals surface area contributed by atoms with Crippen molar-refractivity contribution in [1.29, 1.82) is 5.41 Å². The Morgan fingerprint density at radius 3 is 1.62 bits per heavy atom. The molecule has 2 aliphatic heterocycles. The van der Waals surface area contributed by atoms with Gasteiger partial charge in [0.25, 0.3) is 23.6 Å². The third-order valence-electron chi connectivity index (χ3n) is 23.7. The molecule has 22 N–H and O–H groups in total. The summed E-state index contributed by atoms with van der Waals surface area (Å²) in [6.45, 7) is 11.2. The zero-order chi connectivity index (χ0) is 103. The van der Waals surface area contributed by atoms with Gasteiger partial charge in [-0.15, -0.1) is 0 Å². The Morgan fingerprint density at radius 1 is 0.573 bits per heavy atom. The molecule has 6 aromatic heterocycles.